The average molecular weight is 159 g/mol. The molecule has 1 aliphatic rings. The summed E-state index contributed by atoms with van der Waals surface area (Å²) in [4.78, 5) is 10.2. The predicted octanol–water partition coefficient (Wildman–Crippen LogP) is 0.413. The molecule has 1 fully saturated rings. The Morgan fingerprint density at radius 2 is 2.18 bits per heavy atom. The first kappa shape index (κ1) is 8.33. The molecule has 4 heteroatoms. The predicted molar refractivity (Wildman–Crippen MR) is 39.4 cm³/mol. The van der Waals surface area contributed by atoms with Crippen LogP contribution in [-0.4, -0.2) is 28.5 Å². The monoisotopic (exact) mass is 159 g/mol. The van der Waals surface area contributed by atoms with Crippen molar-refractivity contribution in [1.82, 2.24) is 5.32 Å². The van der Waals surface area contributed by atoms with E-state index in [9.17, 15) is 9.90 Å². The minimum Gasteiger partial charge on any atom is -0.465 e. The molecule has 1 saturated carbocycles. The van der Waals surface area contributed by atoms with Crippen LogP contribution in [0.15, 0.2) is 0 Å². The van der Waals surface area contributed by atoms with E-state index in [4.69, 9.17) is 5.11 Å². The fourth-order valence-corrected chi connectivity index (χ4v) is 1.30. The van der Waals surface area contributed by atoms with Crippen LogP contribution in [0.2, 0.25) is 0 Å². The van der Waals surface area contributed by atoms with Crippen molar-refractivity contribution in [2.24, 2.45) is 5.41 Å². The third-order valence-electron chi connectivity index (χ3n) is 2.51. The van der Waals surface area contributed by atoms with E-state index in [1.54, 1.807) is 0 Å². The van der Waals surface area contributed by atoms with Crippen LogP contribution in [0.4, 0.5) is 4.79 Å². The number of hydrogen-bond donors (Lipinski definition) is 3. The van der Waals surface area contributed by atoms with E-state index in [-0.39, 0.29) is 17.6 Å². The fraction of sp³-hybridized carbons (Fsp3) is 0.857. The van der Waals surface area contributed by atoms with Crippen molar-refractivity contribution < 1.29 is 15.0 Å². The standard InChI is InChI=1S/C7H13NO3/c1-7(2)4(3-5(7)9)8-6(10)11/h4-5,8-9H,3H2,1-2H3,(H,10,11). The van der Waals surface area contributed by atoms with Crippen LogP contribution in [0.25, 0.3) is 0 Å². The highest BCUT2D eigenvalue weighted by atomic mass is 16.4. The van der Waals surface area contributed by atoms with Crippen molar-refractivity contribution in [2.75, 3.05) is 0 Å². The fourth-order valence-electron chi connectivity index (χ4n) is 1.30. The second-order valence-electron chi connectivity index (χ2n) is 3.57. The zero-order valence-electron chi connectivity index (χ0n) is 6.66. The van der Waals surface area contributed by atoms with Gasteiger partial charge in [-0.05, 0) is 6.42 Å². The van der Waals surface area contributed by atoms with Crippen LogP contribution in [-0.2, 0) is 0 Å². The van der Waals surface area contributed by atoms with Crippen LogP contribution in [0.5, 0.6) is 0 Å². The van der Waals surface area contributed by atoms with Gasteiger partial charge in [0.2, 0.25) is 0 Å². The highest BCUT2D eigenvalue weighted by Crippen LogP contribution is 2.40. The normalized spacial score (nSPS) is 34.1. The Labute approximate surface area is 65.2 Å². The van der Waals surface area contributed by atoms with E-state index in [1.807, 2.05) is 13.8 Å². The van der Waals surface area contributed by atoms with Crippen molar-refractivity contribution >= 4 is 6.09 Å². The minimum absolute atomic E-state index is 0.102. The molecule has 0 heterocycles. The Bertz CT molecular complexity index is 179. The van der Waals surface area contributed by atoms with Crippen LogP contribution >= 0.6 is 0 Å². The summed E-state index contributed by atoms with van der Waals surface area (Å²) in [7, 11) is 0. The molecule has 0 aromatic heterocycles. The van der Waals surface area contributed by atoms with E-state index < -0.39 is 6.09 Å². The van der Waals surface area contributed by atoms with Gasteiger partial charge in [-0.2, -0.15) is 0 Å². The van der Waals surface area contributed by atoms with Gasteiger partial charge < -0.3 is 15.5 Å². The number of hydrogen-bond acceptors (Lipinski definition) is 2. The van der Waals surface area contributed by atoms with Crippen LogP contribution < -0.4 is 5.32 Å². The molecule has 0 spiro atoms. The molecule has 11 heavy (non-hydrogen) atoms. The summed E-state index contributed by atoms with van der Waals surface area (Å²) in [5, 5.41) is 20.0. The van der Waals surface area contributed by atoms with Crippen molar-refractivity contribution in [2.45, 2.75) is 32.4 Å². The molecule has 0 aromatic carbocycles. The molecule has 0 radical (unpaired) electrons. The van der Waals surface area contributed by atoms with E-state index in [1.165, 1.54) is 0 Å². The third-order valence-corrected chi connectivity index (χ3v) is 2.51. The Morgan fingerprint density at radius 1 is 1.64 bits per heavy atom. The number of aliphatic hydroxyl groups excluding tert-OH is 1. The summed E-state index contributed by atoms with van der Waals surface area (Å²) >= 11 is 0. The van der Waals surface area contributed by atoms with Gasteiger partial charge in [0.15, 0.2) is 0 Å². The molecule has 4 nitrogen and oxygen atoms in total. The SMILES string of the molecule is CC1(C)C(O)CC1NC(=O)O. The van der Waals surface area contributed by atoms with Gasteiger partial charge in [0.05, 0.1) is 6.10 Å². The smallest absolute Gasteiger partial charge is 0.404 e. The van der Waals surface area contributed by atoms with E-state index in [2.05, 4.69) is 5.32 Å². The lowest BCUT2D eigenvalue weighted by Gasteiger charge is -2.48. The molecule has 1 rings (SSSR count). The van der Waals surface area contributed by atoms with E-state index in [0.29, 0.717) is 6.42 Å². The quantitative estimate of drug-likeness (QED) is 0.519. The van der Waals surface area contributed by atoms with Crippen molar-refractivity contribution in [3.05, 3.63) is 0 Å². The number of carboxylic acid groups (broad SMARTS) is 1. The number of carbonyl (C=O) groups is 1. The van der Waals surface area contributed by atoms with Gasteiger partial charge in [-0.3, -0.25) is 0 Å². The Balaban J connectivity index is 2.46. The lowest BCUT2D eigenvalue weighted by molar-refractivity contribution is -0.0695. The van der Waals surface area contributed by atoms with Crippen LogP contribution in [0, 0.1) is 5.41 Å². The van der Waals surface area contributed by atoms with E-state index >= 15 is 0 Å². The van der Waals surface area contributed by atoms with Crippen molar-refractivity contribution in [3.63, 3.8) is 0 Å². The summed E-state index contributed by atoms with van der Waals surface area (Å²) < 4.78 is 0. The first-order chi connectivity index (χ1) is 4.94. The molecule has 0 aromatic rings. The molecular weight excluding hydrogens is 146 g/mol. The highest BCUT2D eigenvalue weighted by Gasteiger charge is 2.47. The Hall–Kier alpha value is -0.770. The van der Waals surface area contributed by atoms with Gasteiger partial charge in [-0.1, -0.05) is 13.8 Å². The molecule has 0 bridgehead atoms. The maximum absolute atomic E-state index is 10.2. The molecular formula is C7H13NO3. The van der Waals surface area contributed by atoms with Crippen molar-refractivity contribution in [3.8, 4) is 0 Å². The van der Waals surface area contributed by atoms with Crippen LogP contribution in [0.1, 0.15) is 20.3 Å². The molecule has 1 amide bonds. The number of rotatable bonds is 1. The third kappa shape index (κ3) is 1.30. The lowest BCUT2D eigenvalue weighted by Crippen LogP contribution is -2.60. The van der Waals surface area contributed by atoms with Gasteiger partial charge in [-0.15, -0.1) is 0 Å². The lowest BCUT2D eigenvalue weighted by atomic mass is 9.65. The van der Waals surface area contributed by atoms with Crippen molar-refractivity contribution in [1.29, 1.82) is 0 Å². The maximum atomic E-state index is 10.2. The molecule has 64 valence electrons. The number of nitrogens with one attached hydrogen (secondary N) is 1. The zero-order valence-corrected chi connectivity index (χ0v) is 6.66. The second-order valence-corrected chi connectivity index (χ2v) is 3.57. The topological polar surface area (TPSA) is 69.6 Å². The van der Waals surface area contributed by atoms with Gasteiger partial charge in [0.1, 0.15) is 0 Å². The van der Waals surface area contributed by atoms with Gasteiger partial charge in [0.25, 0.3) is 0 Å². The van der Waals surface area contributed by atoms with E-state index in [0.717, 1.165) is 0 Å². The summed E-state index contributed by atoms with van der Waals surface area (Å²) in [6.07, 6.45) is -0.867. The Kier molecular flexibility index (Phi) is 1.80. The summed E-state index contributed by atoms with van der Waals surface area (Å²) in [5.74, 6) is 0. The number of aliphatic hydroxyl groups is 1. The van der Waals surface area contributed by atoms with Gasteiger partial charge >= 0.3 is 6.09 Å². The summed E-state index contributed by atoms with van der Waals surface area (Å²) in [5.41, 5.74) is -0.307. The highest BCUT2D eigenvalue weighted by molar-refractivity contribution is 5.65. The molecule has 3 N–H and O–H groups in total. The Morgan fingerprint density at radius 3 is 2.45 bits per heavy atom. The molecule has 0 saturated heterocycles. The minimum atomic E-state index is -1.02. The zero-order chi connectivity index (χ0) is 8.65. The average Bonchev–Trinajstić information content (AvgIpc) is 1.87. The molecule has 0 aliphatic heterocycles. The number of amides is 1. The van der Waals surface area contributed by atoms with Gasteiger partial charge in [0, 0.05) is 11.5 Å². The first-order valence-corrected chi connectivity index (χ1v) is 3.62. The summed E-state index contributed by atoms with van der Waals surface area (Å²) in [6.45, 7) is 3.70. The summed E-state index contributed by atoms with van der Waals surface area (Å²) in [6, 6.07) is -0.102. The first-order valence-electron chi connectivity index (χ1n) is 3.62. The molecule has 1 aliphatic carbocycles. The van der Waals surface area contributed by atoms with Gasteiger partial charge in [-0.25, -0.2) is 4.79 Å². The largest absolute Gasteiger partial charge is 0.465 e. The molecule has 2 unspecified atom stereocenters. The molecule has 2 atom stereocenters. The van der Waals surface area contributed by atoms with Crippen LogP contribution in [0.3, 0.4) is 0 Å². The second kappa shape index (κ2) is 2.37. The maximum Gasteiger partial charge on any atom is 0.404 e.